The second-order valence-corrected chi connectivity index (χ2v) is 2.53. The zero-order chi connectivity index (χ0) is 8.27. The Bertz CT molecular complexity index is 149. The van der Waals surface area contributed by atoms with E-state index in [4.69, 9.17) is 9.84 Å². The highest BCUT2D eigenvalue weighted by molar-refractivity contribution is 5.69. The van der Waals surface area contributed by atoms with Crippen molar-refractivity contribution in [3.8, 4) is 0 Å². The van der Waals surface area contributed by atoms with Crippen molar-refractivity contribution in [1.82, 2.24) is 4.90 Å². The van der Waals surface area contributed by atoms with Crippen LogP contribution >= 0.6 is 0 Å². The zero-order valence-corrected chi connectivity index (χ0v) is 6.62. The molecule has 1 saturated heterocycles. The lowest BCUT2D eigenvalue weighted by molar-refractivity contribution is 0.158. The first-order chi connectivity index (χ1) is 5.29. The van der Waals surface area contributed by atoms with Crippen LogP contribution in [0.5, 0.6) is 0 Å². The zero-order valence-electron chi connectivity index (χ0n) is 6.62. The lowest BCUT2D eigenvalue weighted by Crippen LogP contribution is -2.33. The second kappa shape index (κ2) is 3.57. The third-order valence-electron chi connectivity index (χ3n) is 1.88. The summed E-state index contributed by atoms with van der Waals surface area (Å²) in [6.45, 7) is 3.09. The Hall–Kier alpha value is -0.770. The van der Waals surface area contributed by atoms with Gasteiger partial charge >= 0.3 is 6.09 Å². The maximum atomic E-state index is 10.9. The number of ether oxygens (including phenoxy) is 1. The normalized spacial score (nSPS) is 24.0. The number of hydrogen-bond donors (Lipinski definition) is 1. The molecule has 0 radical (unpaired) electrons. The number of carbonyl (C=O) groups is 1. The smallest absolute Gasteiger partial charge is 0.410 e. The largest absolute Gasteiger partial charge is 0.447 e. The molecule has 0 saturated carbocycles. The van der Waals surface area contributed by atoms with Crippen LogP contribution in [0.2, 0.25) is 0 Å². The minimum atomic E-state index is -0.258. The van der Waals surface area contributed by atoms with Crippen molar-refractivity contribution in [1.29, 1.82) is 0 Å². The van der Waals surface area contributed by atoms with Gasteiger partial charge in [-0.15, -0.1) is 0 Å². The van der Waals surface area contributed by atoms with Gasteiger partial charge in [-0.2, -0.15) is 0 Å². The van der Waals surface area contributed by atoms with Crippen molar-refractivity contribution < 1.29 is 14.6 Å². The predicted octanol–water partition coefficient (Wildman–Crippen LogP) is 0.210. The first kappa shape index (κ1) is 8.33. The Morgan fingerprint density at radius 2 is 2.55 bits per heavy atom. The molecule has 0 aromatic rings. The Morgan fingerprint density at radius 1 is 1.82 bits per heavy atom. The van der Waals surface area contributed by atoms with Crippen LogP contribution in [-0.4, -0.2) is 41.9 Å². The standard InChI is InChI=1S/C7H13NO3/c1-2-8-6(3-4-9)5-11-7(8)10/h6,9H,2-5H2,1H3. The molecule has 0 aromatic heterocycles. The Balaban J connectivity index is 2.47. The summed E-state index contributed by atoms with van der Waals surface area (Å²) in [7, 11) is 0. The summed E-state index contributed by atoms with van der Waals surface area (Å²) in [5.41, 5.74) is 0. The first-order valence-electron chi connectivity index (χ1n) is 3.83. The fourth-order valence-corrected chi connectivity index (χ4v) is 1.26. The number of amides is 1. The van der Waals surface area contributed by atoms with Gasteiger partial charge in [0, 0.05) is 13.2 Å². The van der Waals surface area contributed by atoms with Crippen LogP contribution in [0, 0.1) is 0 Å². The van der Waals surface area contributed by atoms with Crippen LogP contribution in [0.3, 0.4) is 0 Å². The van der Waals surface area contributed by atoms with Gasteiger partial charge in [-0.1, -0.05) is 0 Å². The molecule has 11 heavy (non-hydrogen) atoms. The molecule has 1 fully saturated rings. The summed E-state index contributed by atoms with van der Waals surface area (Å²) >= 11 is 0. The number of carbonyl (C=O) groups excluding carboxylic acids is 1. The van der Waals surface area contributed by atoms with E-state index in [0.29, 0.717) is 19.6 Å². The molecule has 1 atom stereocenters. The van der Waals surface area contributed by atoms with E-state index in [0.717, 1.165) is 0 Å². The van der Waals surface area contributed by atoms with Crippen LogP contribution in [0.15, 0.2) is 0 Å². The van der Waals surface area contributed by atoms with E-state index in [1.54, 1.807) is 4.90 Å². The number of likely N-dealkylation sites (N-methyl/N-ethyl adjacent to an activating group) is 1. The molecule has 1 aliphatic heterocycles. The number of hydrogen-bond acceptors (Lipinski definition) is 3. The first-order valence-corrected chi connectivity index (χ1v) is 3.83. The SMILES string of the molecule is CCN1C(=O)OCC1CCO. The molecule has 0 aromatic carbocycles. The predicted molar refractivity (Wildman–Crippen MR) is 39.2 cm³/mol. The van der Waals surface area contributed by atoms with Gasteiger partial charge in [-0.05, 0) is 13.3 Å². The van der Waals surface area contributed by atoms with Crippen molar-refractivity contribution >= 4 is 6.09 Å². The highest BCUT2D eigenvalue weighted by atomic mass is 16.6. The van der Waals surface area contributed by atoms with Crippen LogP contribution < -0.4 is 0 Å². The Morgan fingerprint density at radius 3 is 3.09 bits per heavy atom. The van der Waals surface area contributed by atoms with E-state index in [1.807, 2.05) is 6.92 Å². The number of aliphatic hydroxyl groups excluding tert-OH is 1. The van der Waals surface area contributed by atoms with Gasteiger partial charge in [0.15, 0.2) is 0 Å². The van der Waals surface area contributed by atoms with Crippen molar-refractivity contribution in [2.45, 2.75) is 19.4 Å². The summed E-state index contributed by atoms with van der Waals surface area (Å²) in [4.78, 5) is 12.5. The number of aliphatic hydroxyl groups is 1. The highest BCUT2D eigenvalue weighted by Crippen LogP contribution is 2.13. The molecule has 1 heterocycles. The van der Waals surface area contributed by atoms with Crippen molar-refractivity contribution in [2.24, 2.45) is 0 Å². The number of nitrogens with zero attached hydrogens (tertiary/aromatic N) is 1. The minimum Gasteiger partial charge on any atom is -0.447 e. The molecule has 1 unspecified atom stereocenters. The Labute approximate surface area is 65.8 Å². The lowest BCUT2D eigenvalue weighted by Gasteiger charge is -2.17. The topological polar surface area (TPSA) is 49.8 Å². The van der Waals surface area contributed by atoms with Crippen LogP contribution in [0.4, 0.5) is 4.79 Å². The van der Waals surface area contributed by atoms with Crippen LogP contribution in [0.25, 0.3) is 0 Å². The van der Waals surface area contributed by atoms with Crippen molar-refractivity contribution in [3.05, 3.63) is 0 Å². The summed E-state index contributed by atoms with van der Waals surface area (Å²) in [5, 5.41) is 8.63. The molecule has 1 N–H and O–H groups in total. The summed E-state index contributed by atoms with van der Waals surface area (Å²) in [5.74, 6) is 0. The van der Waals surface area contributed by atoms with Crippen LogP contribution in [-0.2, 0) is 4.74 Å². The molecule has 4 nitrogen and oxygen atoms in total. The number of cyclic esters (lactones) is 1. The third-order valence-corrected chi connectivity index (χ3v) is 1.88. The van der Waals surface area contributed by atoms with Gasteiger partial charge < -0.3 is 14.7 Å². The maximum Gasteiger partial charge on any atom is 0.410 e. The molecular formula is C7H13NO3. The number of rotatable bonds is 3. The third kappa shape index (κ3) is 1.63. The molecule has 1 rings (SSSR count). The highest BCUT2D eigenvalue weighted by Gasteiger charge is 2.30. The molecule has 1 amide bonds. The average molecular weight is 159 g/mol. The summed E-state index contributed by atoms with van der Waals surface area (Å²) in [6, 6.07) is 0.0810. The van der Waals surface area contributed by atoms with E-state index in [2.05, 4.69) is 0 Å². The molecule has 0 aliphatic carbocycles. The average Bonchev–Trinajstić information content (AvgIpc) is 2.33. The van der Waals surface area contributed by atoms with Gasteiger partial charge in [0.25, 0.3) is 0 Å². The fourth-order valence-electron chi connectivity index (χ4n) is 1.26. The van der Waals surface area contributed by atoms with Crippen molar-refractivity contribution in [2.75, 3.05) is 19.8 Å². The fraction of sp³-hybridized carbons (Fsp3) is 0.857. The second-order valence-electron chi connectivity index (χ2n) is 2.53. The minimum absolute atomic E-state index is 0.0810. The molecule has 4 heteroatoms. The molecule has 64 valence electrons. The molecule has 1 aliphatic rings. The monoisotopic (exact) mass is 159 g/mol. The van der Waals surface area contributed by atoms with Crippen molar-refractivity contribution in [3.63, 3.8) is 0 Å². The summed E-state index contributed by atoms with van der Waals surface area (Å²) < 4.78 is 4.80. The van der Waals surface area contributed by atoms with E-state index in [9.17, 15) is 4.79 Å². The quantitative estimate of drug-likeness (QED) is 0.640. The molecule has 0 bridgehead atoms. The van der Waals surface area contributed by atoms with Gasteiger partial charge in [-0.3, -0.25) is 0 Å². The maximum absolute atomic E-state index is 10.9. The summed E-state index contributed by atoms with van der Waals surface area (Å²) in [6.07, 6.45) is 0.352. The molecular weight excluding hydrogens is 146 g/mol. The van der Waals surface area contributed by atoms with E-state index in [1.165, 1.54) is 0 Å². The Kier molecular flexibility index (Phi) is 2.70. The van der Waals surface area contributed by atoms with Crippen LogP contribution in [0.1, 0.15) is 13.3 Å². The van der Waals surface area contributed by atoms with Gasteiger partial charge in [-0.25, -0.2) is 4.79 Å². The molecule has 0 spiro atoms. The lowest BCUT2D eigenvalue weighted by atomic mass is 10.2. The van der Waals surface area contributed by atoms with Gasteiger partial charge in [0.1, 0.15) is 6.61 Å². The van der Waals surface area contributed by atoms with E-state index < -0.39 is 0 Å². The van der Waals surface area contributed by atoms with Gasteiger partial charge in [0.05, 0.1) is 6.04 Å². The van der Waals surface area contributed by atoms with E-state index in [-0.39, 0.29) is 18.7 Å². The van der Waals surface area contributed by atoms with E-state index >= 15 is 0 Å². The van der Waals surface area contributed by atoms with Gasteiger partial charge in [0.2, 0.25) is 0 Å².